The number of hydrogen-bond donors (Lipinski definition) is 2. The number of phenols is 1. The number of rotatable bonds is 9. The predicted octanol–water partition coefficient (Wildman–Crippen LogP) is 4.93. The van der Waals surface area contributed by atoms with Gasteiger partial charge < -0.3 is 15.2 Å². The third-order valence-corrected chi connectivity index (χ3v) is 8.89. The molecule has 0 radical (unpaired) electrons. The highest BCUT2D eigenvalue weighted by molar-refractivity contribution is 5.87. The SMILES string of the molecule is CCCc1cc2c(cc1O)CCC1C2CC[C@]2(C)C(=O)C[C@@H](CCCC(=O)NCCOC)C12. The van der Waals surface area contributed by atoms with Crippen molar-refractivity contribution in [3.8, 4) is 5.75 Å². The molecule has 2 saturated carbocycles. The molecule has 0 spiro atoms. The minimum absolute atomic E-state index is 0.0792. The van der Waals surface area contributed by atoms with E-state index in [0.717, 1.165) is 56.9 Å². The first-order chi connectivity index (χ1) is 15.9. The van der Waals surface area contributed by atoms with E-state index < -0.39 is 0 Å². The smallest absolute Gasteiger partial charge is 0.220 e. The summed E-state index contributed by atoms with van der Waals surface area (Å²) in [7, 11) is 1.63. The normalized spacial score (nSPS) is 30.5. The highest BCUT2D eigenvalue weighted by atomic mass is 16.5. The number of amides is 1. The molecule has 0 aliphatic heterocycles. The van der Waals surface area contributed by atoms with E-state index in [-0.39, 0.29) is 11.3 Å². The van der Waals surface area contributed by atoms with Crippen molar-refractivity contribution in [1.82, 2.24) is 5.32 Å². The van der Waals surface area contributed by atoms with Gasteiger partial charge in [0.1, 0.15) is 11.5 Å². The second-order valence-electron chi connectivity index (χ2n) is 10.8. The summed E-state index contributed by atoms with van der Waals surface area (Å²) >= 11 is 0. The summed E-state index contributed by atoms with van der Waals surface area (Å²) in [6, 6.07) is 4.30. The number of hydrogen-bond acceptors (Lipinski definition) is 4. The van der Waals surface area contributed by atoms with E-state index in [0.29, 0.717) is 61.2 Å². The zero-order chi connectivity index (χ0) is 23.6. The van der Waals surface area contributed by atoms with Crippen LogP contribution in [0.1, 0.15) is 87.8 Å². The Morgan fingerprint density at radius 3 is 2.88 bits per heavy atom. The minimum atomic E-state index is -0.201. The first-order valence-electron chi connectivity index (χ1n) is 13.0. The molecular formula is C28H41NO4. The van der Waals surface area contributed by atoms with E-state index in [1.165, 1.54) is 11.1 Å². The fourth-order valence-electron chi connectivity index (χ4n) is 7.36. The van der Waals surface area contributed by atoms with Gasteiger partial charge in [0.25, 0.3) is 0 Å². The van der Waals surface area contributed by atoms with Gasteiger partial charge in [0, 0.05) is 31.9 Å². The molecule has 0 saturated heterocycles. The average Bonchev–Trinajstić information content (AvgIpc) is 3.04. The summed E-state index contributed by atoms with van der Waals surface area (Å²) in [4.78, 5) is 25.3. The van der Waals surface area contributed by atoms with E-state index in [1.807, 2.05) is 6.07 Å². The number of Topliss-reactive ketones (excluding diaryl/α,β-unsaturated/α-hetero) is 1. The van der Waals surface area contributed by atoms with Gasteiger partial charge in [-0.05, 0) is 91.4 Å². The molecule has 3 aliphatic rings. The fraction of sp³-hybridized carbons (Fsp3) is 0.714. The molecule has 3 aliphatic carbocycles. The van der Waals surface area contributed by atoms with Gasteiger partial charge in [-0.1, -0.05) is 26.3 Å². The Kier molecular flexibility index (Phi) is 7.47. The number of aromatic hydroxyl groups is 1. The van der Waals surface area contributed by atoms with E-state index in [9.17, 15) is 14.7 Å². The molecule has 1 aromatic carbocycles. The Morgan fingerprint density at radius 2 is 2.12 bits per heavy atom. The number of nitrogens with one attached hydrogen (secondary N) is 1. The fourth-order valence-corrected chi connectivity index (χ4v) is 7.36. The molecule has 5 nitrogen and oxygen atoms in total. The number of ether oxygens (including phenoxy) is 1. The molecule has 5 heteroatoms. The van der Waals surface area contributed by atoms with Crippen molar-refractivity contribution in [2.24, 2.45) is 23.2 Å². The Balaban J connectivity index is 1.49. The monoisotopic (exact) mass is 455 g/mol. The Bertz CT molecular complexity index is 881. The van der Waals surface area contributed by atoms with Gasteiger partial charge in [-0.2, -0.15) is 0 Å². The number of aryl methyl sites for hydroxylation is 2. The zero-order valence-electron chi connectivity index (χ0n) is 20.6. The number of carbonyl (C=O) groups is 2. The van der Waals surface area contributed by atoms with Crippen LogP contribution in [0.3, 0.4) is 0 Å². The van der Waals surface area contributed by atoms with Crippen molar-refractivity contribution in [3.05, 3.63) is 28.8 Å². The van der Waals surface area contributed by atoms with E-state index in [2.05, 4.69) is 25.2 Å². The maximum atomic E-state index is 13.2. The number of ketones is 1. The molecule has 1 aromatic rings. The quantitative estimate of drug-likeness (QED) is 0.518. The molecule has 0 heterocycles. The van der Waals surface area contributed by atoms with Gasteiger partial charge in [0.15, 0.2) is 0 Å². The van der Waals surface area contributed by atoms with Gasteiger partial charge in [-0.3, -0.25) is 9.59 Å². The number of phenolic OH excluding ortho intramolecular Hbond substituents is 1. The summed E-state index contributed by atoms with van der Waals surface area (Å²) in [6.45, 7) is 5.46. The highest BCUT2D eigenvalue weighted by Crippen LogP contribution is 2.62. The summed E-state index contributed by atoms with van der Waals surface area (Å²) in [5.74, 6) is 2.80. The molecule has 0 bridgehead atoms. The van der Waals surface area contributed by atoms with Crippen LogP contribution >= 0.6 is 0 Å². The molecule has 33 heavy (non-hydrogen) atoms. The van der Waals surface area contributed by atoms with Crippen LogP contribution in [-0.2, 0) is 27.2 Å². The van der Waals surface area contributed by atoms with Crippen molar-refractivity contribution < 1.29 is 19.4 Å². The van der Waals surface area contributed by atoms with Crippen LogP contribution in [0.5, 0.6) is 5.75 Å². The standard InChI is InChI=1S/C28H41NO4/c1-4-6-19-15-23-18(16-24(19)30)9-10-22-21(23)11-12-28(2)25(31)17-20(27(22)28)7-5-8-26(32)29-13-14-33-3/h15-16,20-22,27,30H,4-14,17H2,1-3H3,(H,29,32)/t20-,21?,22?,27?,28-/m1/s1. The molecule has 1 amide bonds. The largest absolute Gasteiger partial charge is 0.508 e. The van der Waals surface area contributed by atoms with E-state index in [1.54, 1.807) is 7.11 Å². The molecule has 4 rings (SSSR count). The number of fused-ring (bicyclic) bond motifs is 5. The lowest BCUT2D eigenvalue weighted by Gasteiger charge is -2.50. The Hall–Kier alpha value is -1.88. The van der Waals surface area contributed by atoms with Crippen LogP contribution in [0.25, 0.3) is 0 Å². The molecular weight excluding hydrogens is 414 g/mol. The maximum Gasteiger partial charge on any atom is 0.220 e. The first kappa shape index (κ1) is 24.3. The van der Waals surface area contributed by atoms with Crippen LogP contribution in [0, 0.1) is 23.2 Å². The molecule has 0 aromatic heterocycles. The third kappa shape index (κ3) is 4.71. The lowest BCUT2D eigenvalue weighted by atomic mass is 9.54. The van der Waals surface area contributed by atoms with Crippen molar-refractivity contribution in [2.75, 3.05) is 20.3 Å². The topological polar surface area (TPSA) is 75.6 Å². The minimum Gasteiger partial charge on any atom is -0.508 e. The Labute approximate surface area is 198 Å². The van der Waals surface area contributed by atoms with Crippen molar-refractivity contribution in [2.45, 2.75) is 84.0 Å². The second kappa shape index (κ2) is 10.2. The van der Waals surface area contributed by atoms with E-state index in [4.69, 9.17) is 4.74 Å². The summed E-state index contributed by atoms with van der Waals surface area (Å²) in [5.41, 5.74) is 3.62. The molecule has 2 N–H and O–H groups in total. The van der Waals surface area contributed by atoms with Gasteiger partial charge in [0.05, 0.1) is 6.61 Å². The summed E-state index contributed by atoms with van der Waals surface area (Å²) in [6.07, 6.45) is 9.06. The number of benzene rings is 1. The van der Waals surface area contributed by atoms with Crippen LogP contribution < -0.4 is 5.32 Å². The maximum absolute atomic E-state index is 13.2. The van der Waals surface area contributed by atoms with Crippen LogP contribution in [0.2, 0.25) is 0 Å². The van der Waals surface area contributed by atoms with Crippen molar-refractivity contribution in [1.29, 1.82) is 0 Å². The van der Waals surface area contributed by atoms with Crippen LogP contribution in [0.4, 0.5) is 0 Å². The predicted molar refractivity (Wildman–Crippen MR) is 129 cm³/mol. The lowest BCUT2D eigenvalue weighted by Crippen LogP contribution is -2.44. The zero-order valence-corrected chi connectivity index (χ0v) is 20.6. The van der Waals surface area contributed by atoms with Crippen LogP contribution in [0.15, 0.2) is 12.1 Å². The van der Waals surface area contributed by atoms with Crippen molar-refractivity contribution in [3.63, 3.8) is 0 Å². The lowest BCUT2D eigenvalue weighted by molar-refractivity contribution is -0.129. The van der Waals surface area contributed by atoms with Crippen LogP contribution in [-0.4, -0.2) is 37.1 Å². The second-order valence-corrected chi connectivity index (χ2v) is 10.8. The number of methoxy groups -OCH3 is 1. The van der Waals surface area contributed by atoms with Gasteiger partial charge in [0.2, 0.25) is 5.91 Å². The number of carbonyl (C=O) groups excluding carboxylic acids is 2. The molecule has 182 valence electrons. The Morgan fingerprint density at radius 1 is 1.30 bits per heavy atom. The summed E-state index contributed by atoms with van der Waals surface area (Å²) < 4.78 is 5.00. The van der Waals surface area contributed by atoms with Gasteiger partial charge in [-0.15, -0.1) is 0 Å². The van der Waals surface area contributed by atoms with Gasteiger partial charge >= 0.3 is 0 Å². The molecule has 5 atom stereocenters. The highest BCUT2D eigenvalue weighted by Gasteiger charge is 2.58. The van der Waals surface area contributed by atoms with Gasteiger partial charge in [-0.25, -0.2) is 0 Å². The molecule has 3 unspecified atom stereocenters. The average molecular weight is 456 g/mol. The molecule has 2 fully saturated rings. The first-order valence-corrected chi connectivity index (χ1v) is 13.0. The third-order valence-electron chi connectivity index (χ3n) is 8.89. The summed E-state index contributed by atoms with van der Waals surface area (Å²) in [5, 5.41) is 13.4. The van der Waals surface area contributed by atoms with E-state index >= 15 is 0 Å². The van der Waals surface area contributed by atoms with Crippen molar-refractivity contribution >= 4 is 11.7 Å².